The molecule has 0 radical (unpaired) electrons. The van der Waals surface area contributed by atoms with Gasteiger partial charge in [0.1, 0.15) is 0 Å². The number of rotatable bonds is 0. The summed E-state index contributed by atoms with van der Waals surface area (Å²) in [5, 5.41) is 0. The summed E-state index contributed by atoms with van der Waals surface area (Å²) in [7, 11) is 0. The second-order valence-electron chi connectivity index (χ2n) is 6.89. The molecule has 16 heavy (non-hydrogen) atoms. The van der Waals surface area contributed by atoms with E-state index < -0.39 is 0 Å². The van der Waals surface area contributed by atoms with Gasteiger partial charge in [-0.05, 0) is 56.3 Å². The largest absolute Gasteiger partial charge is 0.369 e. The molecule has 3 aliphatic rings. The predicted octanol–water partition coefficient (Wildman–Crippen LogP) is 3.94. The fraction of sp³-hybridized carbons (Fsp3) is 0.867. The SMILES string of the molecule is C/C1=C/CC[C@]2(CO2)[C@@H]2CC(C)(C)[C@H]2CC1. The molecule has 90 valence electrons. The van der Waals surface area contributed by atoms with Crippen molar-refractivity contribution in [3.05, 3.63) is 11.6 Å². The lowest BCUT2D eigenvalue weighted by molar-refractivity contribution is -0.0642. The highest BCUT2D eigenvalue weighted by Crippen LogP contribution is 2.62. The summed E-state index contributed by atoms with van der Waals surface area (Å²) in [5.41, 5.74) is 2.47. The molecule has 2 fully saturated rings. The molecule has 0 aromatic rings. The van der Waals surface area contributed by atoms with Crippen molar-refractivity contribution in [3.63, 3.8) is 0 Å². The molecule has 0 amide bonds. The maximum Gasteiger partial charge on any atom is 0.0950 e. The topological polar surface area (TPSA) is 12.5 Å². The normalized spacial score (nSPS) is 49.1. The lowest BCUT2D eigenvalue weighted by Gasteiger charge is -2.54. The van der Waals surface area contributed by atoms with Crippen molar-refractivity contribution in [2.24, 2.45) is 17.3 Å². The average molecular weight is 220 g/mol. The first kappa shape index (κ1) is 10.8. The Labute approximate surface area is 99.3 Å². The quantitative estimate of drug-likeness (QED) is 0.445. The third-order valence-corrected chi connectivity index (χ3v) is 5.34. The van der Waals surface area contributed by atoms with Crippen molar-refractivity contribution in [3.8, 4) is 0 Å². The Bertz CT molecular complexity index is 322. The monoisotopic (exact) mass is 220 g/mol. The molecule has 1 heteroatoms. The molecule has 0 unspecified atom stereocenters. The number of ether oxygens (including phenoxy) is 1. The molecule has 1 aliphatic heterocycles. The van der Waals surface area contributed by atoms with Crippen molar-refractivity contribution < 1.29 is 4.74 Å². The average Bonchev–Trinajstić information content (AvgIpc) is 2.94. The van der Waals surface area contributed by atoms with Gasteiger partial charge in [0.25, 0.3) is 0 Å². The molecule has 3 rings (SSSR count). The minimum Gasteiger partial charge on any atom is -0.369 e. The molecule has 0 aromatic carbocycles. The van der Waals surface area contributed by atoms with Gasteiger partial charge in [-0.25, -0.2) is 0 Å². The Morgan fingerprint density at radius 1 is 1.31 bits per heavy atom. The van der Waals surface area contributed by atoms with E-state index in [1.54, 1.807) is 5.57 Å². The zero-order valence-electron chi connectivity index (χ0n) is 10.9. The smallest absolute Gasteiger partial charge is 0.0950 e. The molecule has 1 saturated carbocycles. The van der Waals surface area contributed by atoms with Gasteiger partial charge in [-0.15, -0.1) is 0 Å². The minimum atomic E-state index is 0.307. The first-order chi connectivity index (χ1) is 7.54. The minimum absolute atomic E-state index is 0.307. The Morgan fingerprint density at radius 3 is 2.69 bits per heavy atom. The number of epoxide rings is 1. The third kappa shape index (κ3) is 1.55. The number of hydrogen-bond acceptors (Lipinski definition) is 1. The van der Waals surface area contributed by atoms with Crippen molar-refractivity contribution in [1.29, 1.82) is 0 Å². The van der Waals surface area contributed by atoms with Gasteiger partial charge in [-0.2, -0.15) is 0 Å². The first-order valence-corrected chi connectivity index (χ1v) is 6.83. The molecular formula is C15H24O. The number of hydrogen-bond donors (Lipinski definition) is 0. The van der Waals surface area contributed by atoms with Crippen molar-refractivity contribution in [2.75, 3.05) is 6.61 Å². The van der Waals surface area contributed by atoms with E-state index in [1.807, 2.05) is 0 Å². The summed E-state index contributed by atoms with van der Waals surface area (Å²) in [6.45, 7) is 8.23. The van der Waals surface area contributed by atoms with Crippen LogP contribution in [0.1, 0.15) is 52.9 Å². The summed E-state index contributed by atoms with van der Waals surface area (Å²) in [4.78, 5) is 0. The van der Waals surface area contributed by atoms with E-state index in [0.717, 1.165) is 18.4 Å². The summed E-state index contributed by atoms with van der Waals surface area (Å²) in [6, 6.07) is 0. The summed E-state index contributed by atoms with van der Waals surface area (Å²) in [6.07, 6.45) is 9.01. The molecule has 0 N–H and O–H groups in total. The van der Waals surface area contributed by atoms with E-state index in [4.69, 9.17) is 4.74 Å². The third-order valence-electron chi connectivity index (χ3n) is 5.34. The van der Waals surface area contributed by atoms with Crippen LogP contribution >= 0.6 is 0 Å². The molecule has 0 aromatic heterocycles. The van der Waals surface area contributed by atoms with Crippen LogP contribution in [0.25, 0.3) is 0 Å². The molecule has 0 bridgehead atoms. The number of allylic oxidation sites excluding steroid dienone is 2. The lowest BCUT2D eigenvalue weighted by Crippen LogP contribution is -2.50. The van der Waals surface area contributed by atoms with Gasteiger partial charge in [-0.1, -0.05) is 25.5 Å². The van der Waals surface area contributed by atoms with Crippen LogP contribution in [0.15, 0.2) is 11.6 Å². The van der Waals surface area contributed by atoms with Gasteiger partial charge in [0.2, 0.25) is 0 Å². The highest BCUT2D eigenvalue weighted by Gasteiger charge is 2.62. The van der Waals surface area contributed by atoms with Crippen LogP contribution in [0.3, 0.4) is 0 Å². The van der Waals surface area contributed by atoms with Crippen LogP contribution in [0, 0.1) is 17.3 Å². The van der Waals surface area contributed by atoms with Crippen LogP contribution in [-0.2, 0) is 4.74 Å². The number of fused-ring (bicyclic) bond motifs is 2. The van der Waals surface area contributed by atoms with Gasteiger partial charge >= 0.3 is 0 Å². The Morgan fingerprint density at radius 2 is 2.06 bits per heavy atom. The van der Waals surface area contributed by atoms with E-state index in [1.165, 1.54) is 32.1 Å². The van der Waals surface area contributed by atoms with E-state index in [0.29, 0.717) is 11.0 Å². The van der Waals surface area contributed by atoms with Crippen LogP contribution in [0.2, 0.25) is 0 Å². The second kappa shape index (κ2) is 3.35. The van der Waals surface area contributed by atoms with Gasteiger partial charge in [-0.3, -0.25) is 0 Å². The predicted molar refractivity (Wildman–Crippen MR) is 66.3 cm³/mol. The zero-order chi connectivity index (χ0) is 11.4. The van der Waals surface area contributed by atoms with E-state index in [2.05, 4.69) is 26.8 Å². The Kier molecular flexibility index (Phi) is 2.27. The van der Waals surface area contributed by atoms with E-state index in [-0.39, 0.29) is 0 Å². The Balaban J connectivity index is 1.82. The van der Waals surface area contributed by atoms with Crippen molar-refractivity contribution in [2.45, 2.75) is 58.5 Å². The fourth-order valence-electron chi connectivity index (χ4n) is 4.07. The highest BCUT2D eigenvalue weighted by atomic mass is 16.6. The summed E-state index contributed by atoms with van der Waals surface area (Å²) < 4.78 is 5.86. The highest BCUT2D eigenvalue weighted by molar-refractivity contribution is 5.13. The van der Waals surface area contributed by atoms with Gasteiger partial charge in [0.15, 0.2) is 0 Å². The molecule has 1 spiro atoms. The van der Waals surface area contributed by atoms with Gasteiger partial charge in [0.05, 0.1) is 12.2 Å². The van der Waals surface area contributed by atoms with Gasteiger partial charge in [0, 0.05) is 0 Å². The molecule has 1 saturated heterocycles. The molecule has 2 aliphatic carbocycles. The molecule has 1 nitrogen and oxygen atoms in total. The lowest BCUT2D eigenvalue weighted by atomic mass is 9.50. The van der Waals surface area contributed by atoms with Crippen LogP contribution < -0.4 is 0 Å². The van der Waals surface area contributed by atoms with Crippen molar-refractivity contribution in [1.82, 2.24) is 0 Å². The first-order valence-electron chi connectivity index (χ1n) is 6.83. The second-order valence-corrected chi connectivity index (χ2v) is 6.89. The fourth-order valence-corrected chi connectivity index (χ4v) is 4.07. The molecule has 3 atom stereocenters. The standard InChI is InChI=1S/C15H24O/c1-11-5-4-8-15(10-16-15)13-9-14(2,3)12(13)7-6-11/h5,12-13H,4,6-10H2,1-3H3/b11-5-/t12-,13+,15-/m0/s1. The summed E-state index contributed by atoms with van der Waals surface area (Å²) in [5.74, 6) is 1.76. The van der Waals surface area contributed by atoms with E-state index in [9.17, 15) is 0 Å². The van der Waals surface area contributed by atoms with Crippen LogP contribution in [0.4, 0.5) is 0 Å². The maximum absolute atomic E-state index is 5.86. The summed E-state index contributed by atoms with van der Waals surface area (Å²) >= 11 is 0. The van der Waals surface area contributed by atoms with E-state index >= 15 is 0 Å². The molecule has 1 heterocycles. The zero-order valence-corrected chi connectivity index (χ0v) is 10.9. The van der Waals surface area contributed by atoms with Crippen molar-refractivity contribution >= 4 is 0 Å². The molecular weight excluding hydrogens is 196 g/mol. The Hall–Kier alpha value is -0.300. The maximum atomic E-state index is 5.86. The van der Waals surface area contributed by atoms with Crippen LogP contribution in [-0.4, -0.2) is 12.2 Å². The van der Waals surface area contributed by atoms with Gasteiger partial charge < -0.3 is 4.74 Å². The van der Waals surface area contributed by atoms with Crippen LogP contribution in [0.5, 0.6) is 0 Å².